The quantitative estimate of drug-likeness (QED) is 0.780. The van der Waals surface area contributed by atoms with E-state index in [4.69, 9.17) is 4.74 Å². The Morgan fingerprint density at radius 2 is 1.78 bits per heavy atom. The van der Waals surface area contributed by atoms with Crippen LogP contribution >= 0.6 is 0 Å². The predicted octanol–water partition coefficient (Wildman–Crippen LogP) is 3.59. The van der Waals surface area contributed by atoms with E-state index in [9.17, 15) is 14.4 Å². The van der Waals surface area contributed by atoms with Gasteiger partial charge in [0.2, 0.25) is 11.8 Å². The molecule has 2 amide bonds. The van der Waals surface area contributed by atoms with E-state index in [1.807, 2.05) is 29.2 Å². The van der Waals surface area contributed by atoms with Gasteiger partial charge >= 0.3 is 0 Å². The van der Waals surface area contributed by atoms with Crippen LogP contribution in [0.4, 0.5) is 0 Å². The second-order valence-electron chi connectivity index (χ2n) is 10.1. The Hall–Kier alpha value is -2.21. The van der Waals surface area contributed by atoms with Crippen molar-refractivity contribution in [3.05, 3.63) is 35.4 Å². The van der Waals surface area contributed by atoms with E-state index in [1.165, 1.54) is 6.42 Å². The number of Topliss-reactive ketones (excluding diaryl/α,β-unsaturated/α-hetero) is 1. The molecule has 6 heteroatoms. The van der Waals surface area contributed by atoms with Crippen molar-refractivity contribution in [3.8, 4) is 0 Å². The Morgan fingerprint density at radius 1 is 1.03 bits per heavy atom. The van der Waals surface area contributed by atoms with E-state index in [0.717, 1.165) is 56.9 Å². The molecule has 1 spiro atoms. The van der Waals surface area contributed by atoms with Crippen LogP contribution in [-0.4, -0.2) is 53.8 Å². The molecule has 0 unspecified atom stereocenters. The van der Waals surface area contributed by atoms with E-state index < -0.39 is 0 Å². The number of ketones is 1. The molecule has 0 radical (unpaired) electrons. The van der Waals surface area contributed by atoms with Gasteiger partial charge in [-0.05, 0) is 44.1 Å². The average Bonchev–Trinajstić information content (AvgIpc) is 3.39. The number of hydrogen-bond acceptors (Lipinski definition) is 4. The van der Waals surface area contributed by atoms with Gasteiger partial charge in [0.15, 0.2) is 5.78 Å². The first-order valence-electron chi connectivity index (χ1n) is 12.4. The fourth-order valence-electron chi connectivity index (χ4n) is 6.17. The van der Waals surface area contributed by atoms with E-state index in [1.54, 1.807) is 0 Å². The maximum atomic E-state index is 13.2. The number of nitrogens with zero attached hydrogens (tertiary/aromatic N) is 1. The molecule has 1 aromatic rings. The van der Waals surface area contributed by atoms with Gasteiger partial charge in [-0.15, -0.1) is 0 Å². The molecule has 2 heterocycles. The van der Waals surface area contributed by atoms with Gasteiger partial charge in [0.05, 0.1) is 17.6 Å². The predicted molar refractivity (Wildman–Crippen MR) is 120 cm³/mol. The Labute approximate surface area is 190 Å². The summed E-state index contributed by atoms with van der Waals surface area (Å²) < 4.78 is 6.45. The first-order valence-corrected chi connectivity index (χ1v) is 12.4. The Bertz CT molecular complexity index is 884. The normalized spacial score (nSPS) is 27.5. The molecule has 0 aromatic heterocycles. The number of fused-ring (bicyclic) bond motifs is 1. The number of rotatable bonds is 4. The van der Waals surface area contributed by atoms with E-state index in [2.05, 4.69) is 5.32 Å². The summed E-state index contributed by atoms with van der Waals surface area (Å²) in [7, 11) is 0. The van der Waals surface area contributed by atoms with Crippen LogP contribution in [0.1, 0.15) is 86.0 Å². The van der Waals surface area contributed by atoms with E-state index in [0.29, 0.717) is 31.6 Å². The lowest BCUT2D eigenvalue weighted by molar-refractivity contribution is -0.139. The number of hydrogen-bond donors (Lipinski definition) is 1. The summed E-state index contributed by atoms with van der Waals surface area (Å²) in [4.78, 5) is 39.8. The smallest absolute Gasteiger partial charge is 0.230 e. The third-order valence-electron chi connectivity index (χ3n) is 8.13. The highest BCUT2D eigenvalue weighted by Crippen LogP contribution is 2.41. The Kier molecular flexibility index (Phi) is 6.06. The van der Waals surface area contributed by atoms with Crippen LogP contribution in [0, 0.1) is 5.92 Å². The SMILES string of the molecule is O=C1C[C@@H](C(=O)N2CCC3(CC[C@H](CNC(=O)C4CCCCC4)O3)CC2)c2ccccc21. The minimum absolute atomic E-state index is 0.0733. The van der Waals surface area contributed by atoms with Gasteiger partial charge in [-0.3, -0.25) is 14.4 Å². The molecule has 2 saturated heterocycles. The molecule has 2 aliphatic heterocycles. The number of likely N-dealkylation sites (tertiary alicyclic amines) is 1. The van der Waals surface area contributed by atoms with Gasteiger partial charge in [0, 0.05) is 37.5 Å². The fraction of sp³-hybridized carbons (Fsp3) is 0.654. The average molecular weight is 439 g/mol. The van der Waals surface area contributed by atoms with Gasteiger partial charge < -0.3 is 15.0 Å². The van der Waals surface area contributed by atoms with Crippen molar-refractivity contribution >= 4 is 17.6 Å². The lowest BCUT2D eigenvalue weighted by atomic mass is 9.87. The van der Waals surface area contributed by atoms with E-state index >= 15 is 0 Å². The van der Waals surface area contributed by atoms with Crippen LogP contribution in [-0.2, 0) is 14.3 Å². The summed E-state index contributed by atoms with van der Waals surface area (Å²) in [6.07, 6.45) is 9.58. The molecule has 172 valence electrons. The largest absolute Gasteiger partial charge is 0.370 e. The lowest BCUT2D eigenvalue weighted by Crippen LogP contribution is -2.48. The molecule has 32 heavy (non-hydrogen) atoms. The third kappa shape index (κ3) is 4.21. The summed E-state index contributed by atoms with van der Waals surface area (Å²) in [5, 5.41) is 3.13. The van der Waals surface area contributed by atoms with Crippen LogP contribution in [0.2, 0.25) is 0 Å². The first-order chi connectivity index (χ1) is 15.5. The summed E-state index contributed by atoms with van der Waals surface area (Å²) in [6, 6.07) is 7.51. The third-order valence-corrected chi connectivity index (χ3v) is 8.13. The Morgan fingerprint density at radius 3 is 2.56 bits per heavy atom. The standard InChI is InChI=1S/C26H34N2O4/c29-23-16-22(20-8-4-5-9-21(20)23)25(31)28-14-12-26(13-15-28)11-10-19(32-26)17-27-24(30)18-6-2-1-3-7-18/h4-5,8-9,18-19,22H,1-3,6-7,10-17H2,(H,27,30)/t19-,22-/m1/s1. The van der Waals surface area contributed by atoms with Gasteiger partial charge in [-0.1, -0.05) is 43.5 Å². The number of piperidine rings is 1. The van der Waals surface area contributed by atoms with Crippen molar-refractivity contribution in [2.75, 3.05) is 19.6 Å². The molecule has 6 nitrogen and oxygen atoms in total. The zero-order chi connectivity index (χ0) is 22.1. The van der Waals surface area contributed by atoms with Crippen LogP contribution in [0.5, 0.6) is 0 Å². The van der Waals surface area contributed by atoms with E-state index in [-0.39, 0.29) is 41.1 Å². The molecule has 1 N–H and O–H groups in total. The van der Waals surface area contributed by atoms with Crippen LogP contribution in [0.15, 0.2) is 24.3 Å². The highest BCUT2D eigenvalue weighted by Gasteiger charge is 2.45. The summed E-state index contributed by atoms with van der Waals surface area (Å²) in [5.41, 5.74) is 1.42. The summed E-state index contributed by atoms with van der Waals surface area (Å²) in [5.74, 6) is 0.194. The second kappa shape index (κ2) is 8.97. The lowest BCUT2D eigenvalue weighted by Gasteiger charge is -2.40. The van der Waals surface area contributed by atoms with Crippen LogP contribution in [0.3, 0.4) is 0 Å². The van der Waals surface area contributed by atoms with Gasteiger partial charge in [0.25, 0.3) is 0 Å². The number of carbonyl (C=O) groups is 3. The zero-order valence-corrected chi connectivity index (χ0v) is 18.8. The van der Waals surface area contributed by atoms with Crippen molar-refractivity contribution in [1.29, 1.82) is 0 Å². The van der Waals surface area contributed by atoms with Crippen molar-refractivity contribution in [3.63, 3.8) is 0 Å². The second-order valence-corrected chi connectivity index (χ2v) is 10.1. The number of carbonyl (C=O) groups excluding carboxylic acids is 3. The molecule has 0 bridgehead atoms. The molecule has 5 rings (SSSR count). The number of amides is 2. The molecular weight excluding hydrogens is 404 g/mol. The van der Waals surface area contributed by atoms with Gasteiger partial charge in [0.1, 0.15) is 0 Å². The van der Waals surface area contributed by atoms with Crippen LogP contribution in [0.25, 0.3) is 0 Å². The molecular formula is C26H34N2O4. The van der Waals surface area contributed by atoms with Gasteiger partial charge in [-0.2, -0.15) is 0 Å². The topological polar surface area (TPSA) is 75.7 Å². The van der Waals surface area contributed by atoms with Crippen molar-refractivity contribution in [2.45, 2.75) is 81.8 Å². The first kappa shape index (κ1) is 21.6. The van der Waals surface area contributed by atoms with Gasteiger partial charge in [-0.25, -0.2) is 0 Å². The molecule has 4 aliphatic rings. The van der Waals surface area contributed by atoms with Crippen LogP contribution < -0.4 is 5.32 Å². The molecule has 1 saturated carbocycles. The maximum Gasteiger partial charge on any atom is 0.230 e. The highest BCUT2D eigenvalue weighted by molar-refractivity contribution is 6.06. The maximum absolute atomic E-state index is 13.2. The summed E-state index contributed by atoms with van der Waals surface area (Å²) >= 11 is 0. The van der Waals surface area contributed by atoms with Crippen molar-refractivity contribution < 1.29 is 19.1 Å². The fourth-order valence-corrected chi connectivity index (χ4v) is 6.17. The highest BCUT2D eigenvalue weighted by atomic mass is 16.5. The Balaban J connectivity index is 1.11. The summed E-state index contributed by atoms with van der Waals surface area (Å²) in [6.45, 7) is 1.94. The molecule has 3 fully saturated rings. The van der Waals surface area contributed by atoms with Crippen molar-refractivity contribution in [2.24, 2.45) is 5.92 Å². The van der Waals surface area contributed by atoms with Crippen molar-refractivity contribution in [1.82, 2.24) is 10.2 Å². The minimum Gasteiger partial charge on any atom is -0.370 e. The molecule has 2 atom stereocenters. The number of benzene rings is 1. The monoisotopic (exact) mass is 438 g/mol. The number of nitrogens with one attached hydrogen (secondary N) is 1. The molecule has 2 aliphatic carbocycles. The zero-order valence-electron chi connectivity index (χ0n) is 18.8. The molecule has 1 aromatic carbocycles. The number of ether oxygens (including phenoxy) is 1. The minimum atomic E-state index is -0.333.